The molecule has 6 heteroatoms. The van der Waals surface area contributed by atoms with E-state index >= 15 is 0 Å². The zero-order valence-electron chi connectivity index (χ0n) is 16.5. The highest BCUT2D eigenvalue weighted by Gasteiger charge is 2.43. The van der Waals surface area contributed by atoms with Gasteiger partial charge in [-0.1, -0.05) is 37.6 Å². The fraction of sp³-hybridized carbons (Fsp3) is 0.455. The molecule has 3 rings (SSSR count). The molecule has 1 unspecified atom stereocenters. The van der Waals surface area contributed by atoms with Gasteiger partial charge in [-0.15, -0.1) is 0 Å². The molecule has 0 saturated carbocycles. The van der Waals surface area contributed by atoms with E-state index < -0.39 is 15.7 Å². The van der Waals surface area contributed by atoms with Crippen LogP contribution < -0.4 is 0 Å². The Morgan fingerprint density at radius 1 is 1.21 bits per heavy atom. The first-order valence-electron chi connectivity index (χ1n) is 9.59. The molecule has 0 radical (unpaired) electrons. The summed E-state index contributed by atoms with van der Waals surface area (Å²) in [7, 11) is -3.87. The van der Waals surface area contributed by atoms with Gasteiger partial charge in [0.1, 0.15) is 5.82 Å². The Labute approximate surface area is 166 Å². The van der Waals surface area contributed by atoms with Gasteiger partial charge in [-0.25, -0.2) is 4.39 Å². The summed E-state index contributed by atoms with van der Waals surface area (Å²) in [6, 6.07) is 11.2. The fourth-order valence-electron chi connectivity index (χ4n) is 4.25. The van der Waals surface area contributed by atoms with Gasteiger partial charge in [0, 0.05) is 12.3 Å². The lowest BCUT2D eigenvalue weighted by Crippen LogP contribution is -2.44. The summed E-state index contributed by atoms with van der Waals surface area (Å²) in [5.74, 6) is -0.370. The largest absolute Gasteiger partial charge is 0.389 e. The summed E-state index contributed by atoms with van der Waals surface area (Å²) in [5, 5.41) is 11.4. The second-order valence-electron chi connectivity index (χ2n) is 8.01. The van der Waals surface area contributed by atoms with Gasteiger partial charge in [0.2, 0.25) is 0 Å². The van der Waals surface area contributed by atoms with Crippen LogP contribution in [0.2, 0.25) is 0 Å². The Balaban J connectivity index is 1.75. The molecule has 0 amide bonds. The summed E-state index contributed by atoms with van der Waals surface area (Å²) in [4.78, 5) is 0.106. The molecule has 2 aromatic carbocycles. The quantitative estimate of drug-likeness (QED) is 0.725. The SMILES string of the molecule is Cc1ccc(S(=O)(=O)OCC[C@@]2(O)CCc3cc(F)ccc3C2C(C)C)cc1. The van der Waals surface area contributed by atoms with Crippen LogP contribution in [-0.4, -0.2) is 25.7 Å². The van der Waals surface area contributed by atoms with E-state index in [-0.39, 0.29) is 35.6 Å². The molecule has 1 N–H and O–H groups in total. The van der Waals surface area contributed by atoms with E-state index in [1.165, 1.54) is 24.3 Å². The van der Waals surface area contributed by atoms with Crippen LogP contribution in [0.1, 0.15) is 49.3 Å². The van der Waals surface area contributed by atoms with E-state index in [2.05, 4.69) is 0 Å². The van der Waals surface area contributed by atoms with Gasteiger partial charge in [0.25, 0.3) is 10.1 Å². The predicted molar refractivity (Wildman–Crippen MR) is 106 cm³/mol. The highest BCUT2D eigenvalue weighted by Crippen LogP contribution is 2.45. The van der Waals surface area contributed by atoms with Crippen molar-refractivity contribution in [3.05, 3.63) is 65.0 Å². The lowest BCUT2D eigenvalue weighted by molar-refractivity contribution is -0.0328. The van der Waals surface area contributed by atoms with E-state index in [0.29, 0.717) is 12.8 Å². The maximum atomic E-state index is 13.6. The van der Waals surface area contributed by atoms with Crippen molar-refractivity contribution in [3.8, 4) is 0 Å². The molecule has 0 saturated heterocycles. The summed E-state index contributed by atoms with van der Waals surface area (Å²) >= 11 is 0. The van der Waals surface area contributed by atoms with Crippen molar-refractivity contribution in [2.45, 2.75) is 56.4 Å². The first-order chi connectivity index (χ1) is 13.1. The van der Waals surface area contributed by atoms with Crippen LogP contribution in [-0.2, 0) is 20.7 Å². The van der Waals surface area contributed by atoms with E-state index in [1.807, 2.05) is 20.8 Å². The Morgan fingerprint density at radius 3 is 2.54 bits per heavy atom. The number of hydrogen-bond acceptors (Lipinski definition) is 4. The van der Waals surface area contributed by atoms with Crippen LogP contribution in [0.5, 0.6) is 0 Å². The first-order valence-corrected chi connectivity index (χ1v) is 11.0. The molecule has 1 aliphatic carbocycles. The Hall–Kier alpha value is -1.76. The van der Waals surface area contributed by atoms with Crippen molar-refractivity contribution in [2.75, 3.05) is 6.61 Å². The van der Waals surface area contributed by atoms with Crippen LogP contribution in [0.25, 0.3) is 0 Å². The molecule has 0 fully saturated rings. The minimum Gasteiger partial charge on any atom is -0.389 e. The molecule has 1 aliphatic rings. The highest BCUT2D eigenvalue weighted by molar-refractivity contribution is 7.86. The van der Waals surface area contributed by atoms with Crippen molar-refractivity contribution in [3.63, 3.8) is 0 Å². The molecule has 0 aromatic heterocycles. The van der Waals surface area contributed by atoms with Crippen molar-refractivity contribution in [1.29, 1.82) is 0 Å². The van der Waals surface area contributed by atoms with Gasteiger partial charge >= 0.3 is 0 Å². The number of hydrogen-bond donors (Lipinski definition) is 1. The van der Waals surface area contributed by atoms with Crippen LogP contribution in [0, 0.1) is 18.7 Å². The molecule has 4 nitrogen and oxygen atoms in total. The average molecular weight is 407 g/mol. The molecule has 152 valence electrons. The normalized spacial score (nSPS) is 22.3. The number of halogens is 1. The summed E-state index contributed by atoms with van der Waals surface area (Å²) < 4.78 is 43.6. The number of benzene rings is 2. The summed E-state index contributed by atoms with van der Waals surface area (Å²) in [6.45, 7) is 5.80. The Bertz CT molecular complexity index is 938. The third-order valence-electron chi connectivity index (χ3n) is 5.60. The van der Waals surface area contributed by atoms with Crippen molar-refractivity contribution >= 4 is 10.1 Å². The third kappa shape index (κ3) is 4.29. The van der Waals surface area contributed by atoms with E-state index in [4.69, 9.17) is 4.18 Å². The summed E-state index contributed by atoms with van der Waals surface area (Å²) in [5.41, 5.74) is 1.72. The average Bonchev–Trinajstić information content (AvgIpc) is 2.61. The van der Waals surface area contributed by atoms with Crippen molar-refractivity contribution in [2.24, 2.45) is 5.92 Å². The van der Waals surface area contributed by atoms with E-state index in [0.717, 1.165) is 16.7 Å². The van der Waals surface area contributed by atoms with Gasteiger partial charge in [-0.2, -0.15) is 8.42 Å². The lowest BCUT2D eigenvalue weighted by atomic mass is 9.66. The Kier molecular flexibility index (Phi) is 5.94. The molecule has 2 aromatic rings. The van der Waals surface area contributed by atoms with Gasteiger partial charge in [0.05, 0.1) is 17.1 Å². The number of rotatable bonds is 6. The van der Waals surface area contributed by atoms with Crippen molar-refractivity contribution in [1.82, 2.24) is 0 Å². The van der Waals surface area contributed by atoms with Gasteiger partial charge < -0.3 is 5.11 Å². The predicted octanol–water partition coefficient (Wildman–Crippen LogP) is 4.35. The minimum atomic E-state index is -3.87. The maximum absolute atomic E-state index is 13.6. The van der Waals surface area contributed by atoms with Crippen LogP contribution in [0.15, 0.2) is 47.4 Å². The maximum Gasteiger partial charge on any atom is 0.296 e. The Morgan fingerprint density at radius 2 is 1.89 bits per heavy atom. The molecule has 0 heterocycles. The van der Waals surface area contributed by atoms with E-state index in [1.54, 1.807) is 18.2 Å². The zero-order valence-corrected chi connectivity index (χ0v) is 17.3. The number of fused-ring (bicyclic) bond motifs is 1. The van der Waals surface area contributed by atoms with Gasteiger partial charge in [-0.05, 0) is 61.1 Å². The number of aryl methyl sites for hydroxylation is 2. The second-order valence-corrected chi connectivity index (χ2v) is 9.62. The van der Waals surface area contributed by atoms with Crippen LogP contribution >= 0.6 is 0 Å². The molecular weight excluding hydrogens is 379 g/mol. The zero-order chi connectivity index (χ0) is 20.5. The lowest BCUT2D eigenvalue weighted by Gasteiger charge is -2.43. The highest BCUT2D eigenvalue weighted by atomic mass is 32.2. The van der Waals surface area contributed by atoms with Gasteiger partial charge in [-0.3, -0.25) is 4.18 Å². The topological polar surface area (TPSA) is 63.6 Å². The minimum absolute atomic E-state index is 0.105. The summed E-state index contributed by atoms with van der Waals surface area (Å²) in [6.07, 6.45) is 1.19. The smallest absolute Gasteiger partial charge is 0.296 e. The van der Waals surface area contributed by atoms with Gasteiger partial charge in [0.15, 0.2) is 0 Å². The molecule has 2 atom stereocenters. The molecule has 0 bridgehead atoms. The molecular formula is C22H27FO4S. The molecule has 0 spiro atoms. The fourth-order valence-corrected chi connectivity index (χ4v) is 5.16. The van der Waals surface area contributed by atoms with Crippen molar-refractivity contribution < 1.29 is 22.1 Å². The van der Waals surface area contributed by atoms with Crippen LogP contribution in [0.3, 0.4) is 0 Å². The third-order valence-corrected chi connectivity index (χ3v) is 6.92. The first kappa shape index (κ1) is 21.0. The molecule has 28 heavy (non-hydrogen) atoms. The monoisotopic (exact) mass is 406 g/mol. The second kappa shape index (κ2) is 7.93. The van der Waals surface area contributed by atoms with E-state index in [9.17, 15) is 17.9 Å². The van der Waals surface area contributed by atoms with Crippen LogP contribution in [0.4, 0.5) is 4.39 Å². The standard InChI is InChI=1S/C22H27FO4S/c1-15(2)21-20-9-6-18(23)14-17(20)10-11-22(21,24)12-13-27-28(25,26)19-7-4-16(3)5-8-19/h4-9,14-15,21,24H,10-13H2,1-3H3/t21?,22-/m0/s1. The number of aliphatic hydroxyl groups is 1. The molecule has 0 aliphatic heterocycles.